The first-order chi connectivity index (χ1) is 17.3. The van der Waals surface area contributed by atoms with Crippen molar-refractivity contribution in [1.29, 1.82) is 0 Å². The highest BCUT2D eigenvalue weighted by Crippen LogP contribution is 2.56. The lowest BCUT2D eigenvalue weighted by Gasteiger charge is -2.31. The van der Waals surface area contributed by atoms with Gasteiger partial charge in [0.05, 0.1) is 11.3 Å². The predicted molar refractivity (Wildman–Crippen MR) is 133 cm³/mol. The van der Waals surface area contributed by atoms with Gasteiger partial charge in [-0.05, 0) is 76.1 Å². The molecule has 2 saturated carbocycles. The molecule has 1 spiro atoms. The molecule has 2 aromatic carbocycles. The maximum Gasteiger partial charge on any atom is 0.410 e. The molecule has 1 N–H and O–H groups in total. The van der Waals surface area contributed by atoms with E-state index in [-0.39, 0.29) is 23.1 Å². The molecule has 3 fully saturated rings. The molecular weight excluding hydrogens is 505 g/mol. The van der Waals surface area contributed by atoms with Gasteiger partial charge in [0.15, 0.2) is 0 Å². The molecule has 0 unspecified atom stereocenters. The number of amides is 1. The lowest BCUT2D eigenvalue weighted by Crippen LogP contribution is -2.51. The Hall–Kier alpha value is -2.59. The molecule has 5 rings (SSSR count). The lowest BCUT2D eigenvalue weighted by molar-refractivity contribution is 0.0213. The lowest BCUT2D eigenvalue weighted by atomic mass is 9.91. The molecule has 0 bridgehead atoms. The van der Waals surface area contributed by atoms with E-state index in [1.54, 1.807) is 32.9 Å². The van der Waals surface area contributed by atoms with Crippen LogP contribution in [0.15, 0.2) is 36.4 Å². The van der Waals surface area contributed by atoms with Crippen LogP contribution in [0, 0.1) is 22.9 Å². The molecule has 0 radical (unpaired) electrons. The van der Waals surface area contributed by atoms with Gasteiger partial charge in [-0.2, -0.15) is 0 Å². The summed E-state index contributed by atoms with van der Waals surface area (Å²) in [4.78, 5) is 14.8. The van der Waals surface area contributed by atoms with Crippen molar-refractivity contribution in [1.82, 2.24) is 9.62 Å². The predicted octanol–water partition coefficient (Wildman–Crippen LogP) is 5.16. The van der Waals surface area contributed by atoms with Crippen LogP contribution in [0.3, 0.4) is 0 Å². The van der Waals surface area contributed by atoms with Crippen molar-refractivity contribution in [2.24, 2.45) is 5.41 Å². The summed E-state index contributed by atoms with van der Waals surface area (Å²) in [5, 5.41) is -0.442. The van der Waals surface area contributed by atoms with Crippen LogP contribution in [-0.4, -0.2) is 48.9 Å². The van der Waals surface area contributed by atoms with Gasteiger partial charge in [-0.3, -0.25) is 0 Å². The van der Waals surface area contributed by atoms with E-state index in [0.717, 1.165) is 25.0 Å². The minimum Gasteiger partial charge on any atom is -0.444 e. The highest BCUT2D eigenvalue weighted by Gasteiger charge is 2.62. The summed E-state index contributed by atoms with van der Waals surface area (Å²) in [6, 6.07) is 6.10. The van der Waals surface area contributed by atoms with Crippen LogP contribution in [0.25, 0.3) is 11.1 Å². The summed E-state index contributed by atoms with van der Waals surface area (Å²) in [6.07, 6.45) is 2.10. The number of rotatable bonds is 6. The number of carbonyl (C=O) groups excluding carboxylic acids is 1. The Kier molecular flexibility index (Phi) is 6.34. The Morgan fingerprint density at radius 3 is 2.32 bits per heavy atom. The van der Waals surface area contributed by atoms with Crippen molar-refractivity contribution in [3.05, 3.63) is 59.4 Å². The van der Waals surface area contributed by atoms with Crippen LogP contribution in [0.5, 0.6) is 0 Å². The number of nitrogens with zero attached hydrogens (tertiary/aromatic N) is 1. The Labute approximate surface area is 215 Å². The Morgan fingerprint density at radius 2 is 1.76 bits per heavy atom. The molecular formula is C27H31F3N2O4S. The molecule has 2 aliphatic carbocycles. The number of carbonyl (C=O) groups is 1. The van der Waals surface area contributed by atoms with E-state index in [2.05, 4.69) is 4.72 Å². The van der Waals surface area contributed by atoms with E-state index in [1.807, 2.05) is 0 Å². The molecule has 1 saturated heterocycles. The molecule has 3 aliphatic rings. The third-order valence-corrected chi connectivity index (χ3v) is 9.32. The van der Waals surface area contributed by atoms with Crippen molar-refractivity contribution < 1.29 is 31.1 Å². The van der Waals surface area contributed by atoms with Crippen LogP contribution in [-0.2, 0) is 21.2 Å². The summed E-state index contributed by atoms with van der Waals surface area (Å²) in [7, 11) is -3.59. The molecule has 1 heterocycles. The van der Waals surface area contributed by atoms with Gasteiger partial charge in [0, 0.05) is 29.6 Å². The quantitative estimate of drug-likeness (QED) is 0.553. The number of hydrogen-bond acceptors (Lipinski definition) is 4. The highest BCUT2D eigenvalue weighted by molar-refractivity contribution is 7.90. The first-order valence-electron chi connectivity index (χ1n) is 12.5. The second-order valence-corrected chi connectivity index (χ2v) is 13.5. The van der Waals surface area contributed by atoms with Crippen molar-refractivity contribution >= 4 is 16.1 Å². The van der Waals surface area contributed by atoms with Crippen molar-refractivity contribution in [2.75, 3.05) is 6.54 Å². The standard InChI is InChI=1S/C27H31F3N2O4S/c1-26(2,3)36-25(33)32-15-27(9-10-27)24(31-37(34,35)20-7-8-20)22(32)13-16-5-4-6-21(23(16)30)17-11-18(28)14-19(29)12-17/h4-6,11-12,14,20,22,24,31H,7-10,13,15H2,1-3H3/t22-,24+/m0/s1. The van der Waals surface area contributed by atoms with Crippen LogP contribution in [0.4, 0.5) is 18.0 Å². The number of ether oxygens (including phenoxy) is 1. The summed E-state index contributed by atoms with van der Waals surface area (Å²) >= 11 is 0. The SMILES string of the molecule is CC(C)(C)OC(=O)N1CC2(CC2)[C@H](NS(=O)(=O)C2CC2)[C@@H]1Cc1cccc(-c2cc(F)cc(F)c2)c1F. The fourth-order valence-corrected chi connectivity index (χ4v) is 6.98. The molecule has 6 nitrogen and oxygen atoms in total. The zero-order valence-corrected chi connectivity index (χ0v) is 21.9. The number of likely N-dealkylation sites (tertiary alicyclic amines) is 1. The van der Waals surface area contributed by atoms with Crippen molar-refractivity contribution in [3.63, 3.8) is 0 Å². The number of sulfonamides is 1. The molecule has 2 aromatic rings. The maximum absolute atomic E-state index is 15.8. The molecule has 0 aromatic heterocycles. The van der Waals surface area contributed by atoms with Crippen molar-refractivity contribution in [2.45, 2.75) is 75.8 Å². The number of hydrogen-bond donors (Lipinski definition) is 1. The number of nitrogens with one attached hydrogen (secondary N) is 1. The van der Waals surface area contributed by atoms with Crippen LogP contribution < -0.4 is 4.72 Å². The van der Waals surface area contributed by atoms with Gasteiger partial charge in [0.1, 0.15) is 23.1 Å². The molecule has 1 amide bonds. The van der Waals surface area contributed by atoms with Crippen LogP contribution in [0.1, 0.15) is 52.0 Å². The Balaban J connectivity index is 1.51. The van der Waals surface area contributed by atoms with Gasteiger partial charge in [-0.1, -0.05) is 18.2 Å². The fraction of sp³-hybridized carbons (Fsp3) is 0.519. The topological polar surface area (TPSA) is 75.7 Å². The van der Waals surface area contributed by atoms with Gasteiger partial charge < -0.3 is 9.64 Å². The minimum absolute atomic E-state index is 0.0102. The molecule has 200 valence electrons. The second kappa shape index (κ2) is 9.01. The smallest absolute Gasteiger partial charge is 0.410 e. The Morgan fingerprint density at radius 1 is 1.11 bits per heavy atom. The summed E-state index contributed by atoms with van der Waals surface area (Å²) in [5.41, 5.74) is -0.903. The average Bonchev–Trinajstić information content (AvgIpc) is 3.68. The zero-order valence-electron chi connectivity index (χ0n) is 21.1. The summed E-state index contributed by atoms with van der Waals surface area (Å²) < 4.78 is 77.8. The first kappa shape index (κ1) is 26.0. The average molecular weight is 537 g/mol. The van der Waals surface area contributed by atoms with Gasteiger partial charge in [-0.25, -0.2) is 31.1 Å². The highest BCUT2D eigenvalue weighted by atomic mass is 32.2. The van der Waals surface area contributed by atoms with E-state index in [4.69, 9.17) is 4.74 Å². The van der Waals surface area contributed by atoms with E-state index in [0.29, 0.717) is 25.5 Å². The molecule has 37 heavy (non-hydrogen) atoms. The zero-order chi connectivity index (χ0) is 26.8. The monoisotopic (exact) mass is 536 g/mol. The number of halogens is 3. The second-order valence-electron chi connectivity index (χ2n) is 11.5. The summed E-state index contributed by atoms with van der Waals surface area (Å²) in [6.45, 7) is 5.55. The van der Waals surface area contributed by atoms with Gasteiger partial charge in [0.25, 0.3) is 0 Å². The largest absolute Gasteiger partial charge is 0.444 e. The van der Waals surface area contributed by atoms with E-state index < -0.39 is 61.9 Å². The van der Waals surface area contributed by atoms with Crippen molar-refractivity contribution in [3.8, 4) is 11.1 Å². The third-order valence-electron chi connectivity index (χ3n) is 7.39. The van der Waals surface area contributed by atoms with Crippen LogP contribution in [0.2, 0.25) is 0 Å². The Bertz CT molecular complexity index is 1310. The maximum atomic E-state index is 15.8. The molecule has 1 aliphatic heterocycles. The van der Waals surface area contributed by atoms with Gasteiger partial charge >= 0.3 is 6.09 Å². The molecule has 10 heteroatoms. The normalized spacial score (nSPS) is 22.9. The first-order valence-corrected chi connectivity index (χ1v) is 14.1. The fourth-order valence-electron chi connectivity index (χ4n) is 5.27. The van der Waals surface area contributed by atoms with Crippen LogP contribution >= 0.6 is 0 Å². The van der Waals surface area contributed by atoms with Gasteiger partial charge in [-0.15, -0.1) is 0 Å². The number of benzene rings is 2. The third kappa shape index (κ3) is 5.36. The molecule has 2 atom stereocenters. The van der Waals surface area contributed by atoms with E-state index in [9.17, 15) is 22.0 Å². The minimum atomic E-state index is -3.59. The summed E-state index contributed by atoms with van der Waals surface area (Å²) in [5.74, 6) is -2.31. The van der Waals surface area contributed by atoms with Gasteiger partial charge in [0.2, 0.25) is 10.0 Å². The van der Waals surface area contributed by atoms with E-state index >= 15 is 4.39 Å². The van der Waals surface area contributed by atoms with E-state index in [1.165, 1.54) is 11.0 Å².